The van der Waals surface area contributed by atoms with Gasteiger partial charge in [0.05, 0.1) is 0 Å². The van der Waals surface area contributed by atoms with E-state index in [1.54, 1.807) is 0 Å². The molecule has 1 aromatic rings. The number of nitrogens with one attached hydrogen (secondary N) is 1. The molecule has 0 saturated carbocycles. The minimum absolute atomic E-state index is 0.520. The Morgan fingerprint density at radius 1 is 1.33 bits per heavy atom. The number of halogens is 1. The molecule has 0 aromatic heterocycles. The van der Waals surface area contributed by atoms with E-state index in [4.69, 9.17) is 11.6 Å². The molecule has 0 amide bonds. The molecule has 1 unspecified atom stereocenters. The van der Waals surface area contributed by atoms with Gasteiger partial charge in [-0.25, -0.2) is 0 Å². The fourth-order valence-corrected chi connectivity index (χ4v) is 1.01. The van der Waals surface area contributed by atoms with E-state index in [0.29, 0.717) is 11.8 Å². The third-order valence-corrected chi connectivity index (χ3v) is 2.22. The van der Waals surface area contributed by atoms with Gasteiger partial charge in [0.25, 0.3) is 0 Å². The average molecular weight is 184 g/mol. The molecule has 0 aliphatic rings. The Morgan fingerprint density at radius 2 is 2.00 bits per heavy atom. The van der Waals surface area contributed by atoms with Gasteiger partial charge in [0, 0.05) is 18.1 Å². The molecule has 0 aliphatic carbocycles. The number of alkyl halides is 1. The van der Waals surface area contributed by atoms with Gasteiger partial charge in [-0.05, 0) is 18.1 Å². The molecule has 0 bridgehead atoms. The largest absolute Gasteiger partial charge is 0.385 e. The van der Waals surface area contributed by atoms with Crippen molar-refractivity contribution in [2.75, 3.05) is 17.7 Å². The predicted octanol–water partition coefficient (Wildman–Crippen LogP) is 2.97. The van der Waals surface area contributed by atoms with Gasteiger partial charge in [-0.2, -0.15) is 0 Å². The van der Waals surface area contributed by atoms with E-state index in [1.807, 2.05) is 18.2 Å². The summed E-state index contributed by atoms with van der Waals surface area (Å²) in [4.78, 5) is 0. The fourth-order valence-electron chi connectivity index (χ4n) is 0.903. The van der Waals surface area contributed by atoms with Crippen LogP contribution in [0.4, 0.5) is 5.69 Å². The summed E-state index contributed by atoms with van der Waals surface area (Å²) in [7, 11) is 0. The van der Waals surface area contributed by atoms with Crippen molar-refractivity contribution < 1.29 is 0 Å². The van der Waals surface area contributed by atoms with Crippen molar-refractivity contribution in [1.29, 1.82) is 0 Å². The normalized spacial score (nSPS) is 12.5. The summed E-state index contributed by atoms with van der Waals surface area (Å²) in [6.45, 7) is 3.07. The highest BCUT2D eigenvalue weighted by Crippen LogP contribution is 2.06. The minimum Gasteiger partial charge on any atom is -0.385 e. The zero-order valence-electron chi connectivity index (χ0n) is 7.26. The van der Waals surface area contributed by atoms with Crippen LogP contribution in [-0.4, -0.2) is 12.4 Å². The first-order chi connectivity index (χ1) is 5.83. The van der Waals surface area contributed by atoms with E-state index in [0.717, 1.165) is 12.2 Å². The van der Waals surface area contributed by atoms with Crippen LogP contribution in [0.3, 0.4) is 0 Å². The summed E-state index contributed by atoms with van der Waals surface area (Å²) >= 11 is 5.68. The van der Waals surface area contributed by atoms with Crippen molar-refractivity contribution in [1.82, 2.24) is 0 Å². The highest BCUT2D eigenvalue weighted by Gasteiger charge is 1.97. The molecule has 1 atom stereocenters. The van der Waals surface area contributed by atoms with Crippen LogP contribution in [0.25, 0.3) is 0 Å². The van der Waals surface area contributed by atoms with Gasteiger partial charge in [-0.3, -0.25) is 0 Å². The van der Waals surface area contributed by atoms with Gasteiger partial charge >= 0.3 is 0 Å². The van der Waals surface area contributed by atoms with E-state index < -0.39 is 0 Å². The molecule has 0 aliphatic heterocycles. The summed E-state index contributed by atoms with van der Waals surface area (Å²) in [5, 5.41) is 3.31. The zero-order chi connectivity index (χ0) is 8.81. The van der Waals surface area contributed by atoms with Crippen molar-refractivity contribution >= 4 is 17.3 Å². The van der Waals surface area contributed by atoms with Gasteiger partial charge in [0.2, 0.25) is 0 Å². The SMILES string of the molecule is CC(CCl)CNc1ccccc1. The number of rotatable bonds is 4. The molecule has 0 radical (unpaired) electrons. The van der Waals surface area contributed by atoms with Crippen molar-refractivity contribution in [2.45, 2.75) is 6.92 Å². The molecule has 0 saturated heterocycles. The molecule has 66 valence electrons. The maximum Gasteiger partial charge on any atom is 0.0340 e. The third-order valence-electron chi connectivity index (χ3n) is 1.69. The second kappa shape index (κ2) is 5.04. The molecule has 1 rings (SSSR count). The summed E-state index contributed by atoms with van der Waals surface area (Å²) in [5.41, 5.74) is 1.16. The van der Waals surface area contributed by atoms with E-state index in [9.17, 15) is 0 Å². The highest BCUT2D eigenvalue weighted by molar-refractivity contribution is 6.18. The fraction of sp³-hybridized carbons (Fsp3) is 0.400. The Kier molecular flexibility index (Phi) is 3.95. The van der Waals surface area contributed by atoms with E-state index in [1.165, 1.54) is 0 Å². The second-order valence-corrected chi connectivity index (χ2v) is 3.32. The van der Waals surface area contributed by atoms with Crippen LogP contribution >= 0.6 is 11.6 Å². The maximum atomic E-state index is 5.68. The monoisotopic (exact) mass is 183 g/mol. The van der Waals surface area contributed by atoms with Crippen LogP contribution in [0.2, 0.25) is 0 Å². The van der Waals surface area contributed by atoms with E-state index >= 15 is 0 Å². The molecule has 0 fully saturated rings. The lowest BCUT2D eigenvalue weighted by Gasteiger charge is -2.09. The van der Waals surface area contributed by atoms with Crippen molar-refractivity contribution in [3.63, 3.8) is 0 Å². The van der Waals surface area contributed by atoms with Crippen LogP contribution in [0, 0.1) is 5.92 Å². The Bertz CT molecular complexity index is 210. The Labute approximate surface area is 78.7 Å². The first kappa shape index (κ1) is 9.40. The van der Waals surface area contributed by atoms with Crippen LogP contribution in [-0.2, 0) is 0 Å². The molecule has 0 heterocycles. The smallest absolute Gasteiger partial charge is 0.0340 e. The first-order valence-electron chi connectivity index (χ1n) is 4.18. The van der Waals surface area contributed by atoms with Crippen LogP contribution in [0.5, 0.6) is 0 Å². The standard InChI is InChI=1S/C10H14ClN/c1-9(7-11)8-12-10-5-3-2-4-6-10/h2-6,9,12H,7-8H2,1H3. The van der Waals surface area contributed by atoms with Crippen molar-refractivity contribution in [3.05, 3.63) is 30.3 Å². The number of benzene rings is 1. The Morgan fingerprint density at radius 3 is 2.58 bits per heavy atom. The number of hydrogen-bond acceptors (Lipinski definition) is 1. The molecular weight excluding hydrogens is 170 g/mol. The Hall–Kier alpha value is -0.690. The number of anilines is 1. The highest BCUT2D eigenvalue weighted by atomic mass is 35.5. The lowest BCUT2D eigenvalue weighted by Crippen LogP contribution is -2.11. The zero-order valence-corrected chi connectivity index (χ0v) is 8.01. The summed E-state index contributed by atoms with van der Waals surface area (Å²) in [6.07, 6.45) is 0. The van der Waals surface area contributed by atoms with E-state index in [2.05, 4.69) is 24.4 Å². The maximum absolute atomic E-state index is 5.68. The number of hydrogen-bond donors (Lipinski definition) is 1. The van der Waals surface area contributed by atoms with Gasteiger partial charge in [0.1, 0.15) is 0 Å². The molecule has 2 heteroatoms. The molecular formula is C10H14ClN. The predicted molar refractivity (Wildman–Crippen MR) is 54.8 cm³/mol. The van der Waals surface area contributed by atoms with Gasteiger partial charge < -0.3 is 5.32 Å². The summed E-state index contributed by atoms with van der Waals surface area (Å²) < 4.78 is 0. The molecule has 12 heavy (non-hydrogen) atoms. The number of para-hydroxylation sites is 1. The van der Waals surface area contributed by atoms with Crippen LogP contribution < -0.4 is 5.32 Å². The summed E-state index contributed by atoms with van der Waals surface area (Å²) in [6, 6.07) is 10.2. The van der Waals surface area contributed by atoms with Gasteiger partial charge in [-0.15, -0.1) is 11.6 Å². The van der Waals surface area contributed by atoms with Crippen LogP contribution in [0.15, 0.2) is 30.3 Å². The third kappa shape index (κ3) is 3.14. The van der Waals surface area contributed by atoms with Crippen molar-refractivity contribution in [3.8, 4) is 0 Å². The summed E-state index contributed by atoms with van der Waals surface area (Å²) in [5.74, 6) is 1.23. The molecule has 1 N–H and O–H groups in total. The Balaban J connectivity index is 2.33. The minimum atomic E-state index is 0.520. The quantitative estimate of drug-likeness (QED) is 0.708. The first-order valence-corrected chi connectivity index (χ1v) is 4.71. The lowest BCUT2D eigenvalue weighted by atomic mass is 10.2. The molecule has 0 spiro atoms. The van der Waals surface area contributed by atoms with E-state index in [-0.39, 0.29) is 0 Å². The second-order valence-electron chi connectivity index (χ2n) is 3.01. The van der Waals surface area contributed by atoms with Gasteiger partial charge in [-0.1, -0.05) is 25.1 Å². The lowest BCUT2D eigenvalue weighted by molar-refractivity contribution is 0.696. The molecule has 1 aromatic carbocycles. The average Bonchev–Trinajstić information content (AvgIpc) is 2.16. The van der Waals surface area contributed by atoms with Gasteiger partial charge in [0.15, 0.2) is 0 Å². The van der Waals surface area contributed by atoms with Crippen LogP contribution in [0.1, 0.15) is 6.92 Å². The topological polar surface area (TPSA) is 12.0 Å². The van der Waals surface area contributed by atoms with Crippen molar-refractivity contribution in [2.24, 2.45) is 5.92 Å². The molecule has 1 nitrogen and oxygen atoms in total.